The molecule has 7 N–H and O–H groups in total. The Balaban J connectivity index is 1.68. The van der Waals surface area contributed by atoms with Crippen molar-refractivity contribution in [2.75, 3.05) is 34.0 Å². The van der Waals surface area contributed by atoms with Gasteiger partial charge in [-0.15, -0.1) is 0 Å². The van der Waals surface area contributed by atoms with Gasteiger partial charge in [-0.25, -0.2) is 0 Å². The lowest BCUT2D eigenvalue weighted by molar-refractivity contribution is -0.304. The third-order valence-electron chi connectivity index (χ3n) is 7.38. The van der Waals surface area contributed by atoms with Crippen molar-refractivity contribution < 1.29 is 54.7 Å². The van der Waals surface area contributed by atoms with Crippen molar-refractivity contribution >= 4 is 0 Å². The van der Waals surface area contributed by atoms with E-state index in [9.17, 15) is 35.7 Å². The molecular formula is C26H34O11. The third kappa shape index (κ3) is 5.21. The Morgan fingerprint density at radius 1 is 0.892 bits per heavy atom. The maximum absolute atomic E-state index is 10.5. The minimum atomic E-state index is -1.57. The van der Waals surface area contributed by atoms with Gasteiger partial charge >= 0.3 is 0 Å². The minimum Gasteiger partial charge on any atom is -0.508 e. The van der Waals surface area contributed by atoms with Gasteiger partial charge in [0.25, 0.3) is 0 Å². The molecule has 11 heteroatoms. The lowest BCUT2D eigenvalue weighted by Gasteiger charge is -2.42. The highest BCUT2D eigenvalue weighted by Gasteiger charge is 2.45. The van der Waals surface area contributed by atoms with Crippen LogP contribution in [0.15, 0.2) is 30.3 Å². The average Bonchev–Trinajstić information content (AvgIpc) is 2.90. The van der Waals surface area contributed by atoms with Crippen molar-refractivity contribution in [3.63, 3.8) is 0 Å². The number of aliphatic hydroxyl groups is 5. The Labute approximate surface area is 214 Å². The predicted molar refractivity (Wildman–Crippen MR) is 129 cm³/mol. The molecule has 4 rings (SSSR count). The molecule has 1 aliphatic heterocycles. The molecule has 1 saturated heterocycles. The van der Waals surface area contributed by atoms with Gasteiger partial charge in [-0.1, -0.05) is 6.07 Å². The fourth-order valence-electron chi connectivity index (χ4n) is 5.38. The zero-order valence-electron chi connectivity index (χ0n) is 20.6. The first-order valence-electron chi connectivity index (χ1n) is 12.0. The quantitative estimate of drug-likeness (QED) is 0.245. The molecule has 0 spiro atoms. The number of aromatic hydroxyl groups is 2. The Hall–Kier alpha value is -2.64. The summed E-state index contributed by atoms with van der Waals surface area (Å²) in [5, 5.41) is 71.1. The SMILES string of the molecule is COc1cc([C@@H]2c3cc(O)ccc3C[C@H](CO[C@@H]3O[C@H](CO)[C@@H](O)[C@H](O)[C@H]3O)[C@H]2CO)cc(OC)c1O. The van der Waals surface area contributed by atoms with Crippen LogP contribution in [-0.4, -0.2) is 100 Å². The van der Waals surface area contributed by atoms with Gasteiger partial charge < -0.3 is 54.7 Å². The van der Waals surface area contributed by atoms with Crippen LogP contribution in [0.1, 0.15) is 22.6 Å². The fourth-order valence-corrected chi connectivity index (χ4v) is 5.38. The fraction of sp³-hybridized carbons (Fsp3) is 0.538. The number of ether oxygens (including phenoxy) is 4. The second kappa shape index (κ2) is 11.4. The maximum Gasteiger partial charge on any atom is 0.200 e. The largest absolute Gasteiger partial charge is 0.508 e. The number of phenols is 2. The van der Waals surface area contributed by atoms with Crippen molar-refractivity contribution in [1.29, 1.82) is 0 Å². The summed E-state index contributed by atoms with van der Waals surface area (Å²) in [6.45, 7) is -0.817. The molecule has 0 bridgehead atoms. The summed E-state index contributed by atoms with van der Waals surface area (Å²) in [7, 11) is 2.83. The number of aliphatic hydroxyl groups excluding tert-OH is 5. The average molecular weight is 523 g/mol. The number of hydrogen-bond donors (Lipinski definition) is 7. The molecule has 11 nitrogen and oxygen atoms in total. The van der Waals surface area contributed by atoms with Crippen molar-refractivity contribution in [2.24, 2.45) is 11.8 Å². The Morgan fingerprint density at radius 3 is 2.16 bits per heavy atom. The standard InChI is InChI=1S/C26H34O11/c1-34-18-6-13(7-19(35-2)22(18)30)21-16-8-15(29)4-3-12(16)5-14(17(21)9-27)11-36-26-25(33)24(32)23(31)20(10-28)37-26/h3-4,6-8,14,17,20-21,23-33H,5,9-11H2,1-2H3/t14-,17-,20-,21-,23-,24+,25-,26-/m1/s1. The van der Waals surface area contributed by atoms with Crippen LogP contribution in [0.3, 0.4) is 0 Å². The van der Waals surface area contributed by atoms with Crippen LogP contribution >= 0.6 is 0 Å². The first-order valence-corrected chi connectivity index (χ1v) is 12.0. The molecule has 2 aliphatic rings. The van der Waals surface area contributed by atoms with Gasteiger partial charge in [0.05, 0.1) is 27.4 Å². The molecule has 1 aliphatic carbocycles. The topological polar surface area (TPSA) is 179 Å². The number of phenolic OH excluding ortho intramolecular Hbond substituents is 2. The zero-order valence-corrected chi connectivity index (χ0v) is 20.6. The summed E-state index contributed by atoms with van der Waals surface area (Å²) in [5.41, 5.74) is 2.37. The van der Waals surface area contributed by atoms with Gasteiger partial charge in [-0.05, 0) is 59.2 Å². The zero-order chi connectivity index (χ0) is 26.9. The number of methoxy groups -OCH3 is 2. The lowest BCUT2D eigenvalue weighted by atomic mass is 9.67. The van der Waals surface area contributed by atoms with Crippen LogP contribution in [0, 0.1) is 11.8 Å². The van der Waals surface area contributed by atoms with Crippen LogP contribution in [0.5, 0.6) is 23.0 Å². The highest BCUT2D eigenvalue weighted by Crippen LogP contribution is 2.48. The summed E-state index contributed by atoms with van der Waals surface area (Å²) >= 11 is 0. The van der Waals surface area contributed by atoms with Crippen molar-refractivity contribution in [2.45, 2.75) is 43.0 Å². The van der Waals surface area contributed by atoms with Crippen molar-refractivity contribution in [1.82, 2.24) is 0 Å². The van der Waals surface area contributed by atoms with Crippen LogP contribution in [0.4, 0.5) is 0 Å². The molecule has 0 unspecified atom stereocenters. The molecule has 0 saturated carbocycles. The first kappa shape index (κ1) is 27.4. The number of rotatable bonds is 8. The maximum atomic E-state index is 10.5. The molecule has 2 aromatic rings. The van der Waals surface area contributed by atoms with E-state index in [1.807, 2.05) is 0 Å². The molecule has 1 fully saturated rings. The van der Waals surface area contributed by atoms with Gasteiger partial charge in [0.1, 0.15) is 30.2 Å². The molecule has 204 valence electrons. The monoisotopic (exact) mass is 522 g/mol. The lowest BCUT2D eigenvalue weighted by Crippen LogP contribution is -2.59. The smallest absolute Gasteiger partial charge is 0.200 e. The van der Waals surface area contributed by atoms with Gasteiger partial charge in [0, 0.05) is 12.5 Å². The Bertz CT molecular complexity index is 1050. The van der Waals surface area contributed by atoms with Crippen molar-refractivity contribution in [3.05, 3.63) is 47.0 Å². The third-order valence-corrected chi connectivity index (χ3v) is 7.38. The van der Waals surface area contributed by atoms with E-state index in [1.165, 1.54) is 14.2 Å². The molecule has 1 heterocycles. The van der Waals surface area contributed by atoms with Crippen LogP contribution in [0.2, 0.25) is 0 Å². The summed E-state index contributed by atoms with van der Waals surface area (Å²) in [6, 6.07) is 8.31. The van der Waals surface area contributed by atoms with Gasteiger partial charge in [-0.2, -0.15) is 0 Å². The molecule has 8 atom stereocenters. The van der Waals surface area contributed by atoms with Crippen LogP contribution in [-0.2, 0) is 15.9 Å². The molecule has 0 amide bonds. The first-order chi connectivity index (χ1) is 17.7. The van der Waals surface area contributed by atoms with Gasteiger partial charge in [0.2, 0.25) is 5.75 Å². The molecule has 2 aromatic carbocycles. The summed E-state index contributed by atoms with van der Waals surface area (Å²) < 4.78 is 22.0. The number of fused-ring (bicyclic) bond motifs is 1. The second-order valence-electron chi connectivity index (χ2n) is 9.48. The summed E-state index contributed by atoms with van der Waals surface area (Å²) in [6.07, 6.45) is -6.53. The highest BCUT2D eigenvalue weighted by molar-refractivity contribution is 5.56. The molecule has 0 aromatic heterocycles. The molecule has 37 heavy (non-hydrogen) atoms. The summed E-state index contributed by atoms with van der Waals surface area (Å²) in [5.74, 6) is -0.909. The van der Waals surface area contributed by atoms with E-state index < -0.39 is 49.1 Å². The van der Waals surface area contributed by atoms with Gasteiger partial charge in [-0.3, -0.25) is 0 Å². The molecule has 0 radical (unpaired) electrons. The highest BCUT2D eigenvalue weighted by atomic mass is 16.7. The van der Waals surface area contributed by atoms with E-state index in [4.69, 9.17) is 18.9 Å². The molecular weight excluding hydrogens is 488 g/mol. The van der Waals surface area contributed by atoms with E-state index >= 15 is 0 Å². The number of hydrogen-bond acceptors (Lipinski definition) is 11. The van der Waals surface area contributed by atoms with E-state index in [0.29, 0.717) is 12.0 Å². The van der Waals surface area contributed by atoms with Crippen molar-refractivity contribution in [3.8, 4) is 23.0 Å². The van der Waals surface area contributed by atoms with E-state index in [1.54, 1.807) is 30.3 Å². The summed E-state index contributed by atoms with van der Waals surface area (Å²) in [4.78, 5) is 0. The van der Waals surface area contributed by atoms with Gasteiger partial charge in [0.15, 0.2) is 17.8 Å². The normalized spacial score (nSPS) is 31.5. The number of benzene rings is 2. The van der Waals surface area contributed by atoms with Crippen LogP contribution < -0.4 is 9.47 Å². The van der Waals surface area contributed by atoms with Crippen LogP contribution in [0.25, 0.3) is 0 Å². The minimum absolute atomic E-state index is 0.0110. The Kier molecular flexibility index (Phi) is 8.44. The van der Waals surface area contributed by atoms with E-state index in [0.717, 1.165) is 11.1 Å². The predicted octanol–water partition coefficient (Wildman–Crippen LogP) is -0.156. The van der Waals surface area contributed by atoms with E-state index in [2.05, 4.69) is 0 Å². The second-order valence-corrected chi connectivity index (χ2v) is 9.48. The Morgan fingerprint density at radius 2 is 1.57 bits per heavy atom. The van der Waals surface area contributed by atoms with E-state index in [-0.39, 0.29) is 42.1 Å².